The molecule has 1 spiro atoms. The van der Waals surface area contributed by atoms with E-state index in [1.807, 2.05) is 5.32 Å². The van der Waals surface area contributed by atoms with E-state index in [-0.39, 0.29) is 19.4 Å². The number of nitrogens with one attached hydrogen (secondary N) is 3. The number of hydrogen-bond acceptors (Lipinski definition) is 4. The summed E-state index contributed by atoms with van der Waals surface area (Å²) < 4.78 is 62.1. The molecule has 2 fully saturated rings. The van der Waals surface area contributed by atoms with E-state index in [2.05, 4.69) is 5.32 Å². The van der Waals surface area contributed by atoms with Crippen LogP contribution in [0.3, 0.4) is 0 Å². The van der Waals surface area contributed by atoms with Crippen molar-refractivity contribution in [2.24, 2.45) is 0 Å². The summed E-state index contributed by atoms with van der Waals surface area (Å²) >= 11 is 0. The first kappa shape index (κ1) is 16.0. The molecule has 0 aliphatic carbocycles. The summed E-state index contributed by atoms with van der Waals surface area (Å²) in [5, 5.41) is 4.33. The maximum absolute atomic E-state index is 12.1. The van der Waals surface area contributed by atoms with Crippen LogP contribution in [0.1, 0.15) is 12.8 Å². The summed E-state index contributed by atoms with van der Waals surface area (Å²) in [4.78, 5) is 22.9. The molecule has 2 heterocycles. The highest BCUT2D eigenvalue weighted by Gasteiger charge is 2.50. The van der Waals surface area contributed by atoms with Crippen LogP contribution in [0.2, 0.25) is 0 Å². The predicted molar refractivity (Wildman–Crippen MR) is 63.2 cm³/mol. The summed E-state index contributed by atoms with van der Waals surface area (Å²) in [6.07, 6.45) is -4.23. The molecule has 1 unspecified atom stereocenters. The standard InChI is InChI=1S/C9H13F3N4O4S/c10-9(11,12)4-13-21(19,20)16-3-1-2-8(5-16)6(17)14-7(18)15-8/h13H,1-5H2,(H2,14,15,17,18). The first-order valence-electron chi connectivity index (χ1n) is 5.99. The molecule has 0 aromatic carbocycles. The molecular weight excluding hydrogens is 317 g/mol. The van der Waals surface area contributed by atoms with Gasteiger partial charge in [0.05, 0.1) is 0 Å². The third-order valence-corrected chi connectivity index (χ3v) is 4.77. The molecule has 0 aromatic heterocycles. The predicted octanol–water partition coefficient (Wildman–Crippen LogP) is -0.943. The van der Waals surface area contributed by atoms with E-state index in [1.54, 1.807) is 0 Å². The smallest absolute Gasteiger partial charge is 0.322 e. The van der Waals surface area contributed by atoms with E-state index in [4.69, 9.17) is 0 Å². The lowest BCUT2D eigenvalue weighted by Crippen LogP contribution is -2.61. The Balaban J connectivity index is 2.10. The molecule has 0 radical (unpaired) electrons. The second-order valence-electron chi connectivity index (χ2n) is 4.87. The van der Waals surface area contributed by atoms with Crippen molar-refractivity contribution < 1.29 is 31.2 Å². The zero-order chi connectivity index (χ0) is 15.9. The maximum Gasteiger partial charge on any atom is 0.402 e. The maximum atomic E-state index is 12.1. The average molecular weight is 330 g/mol. The number of alkyl halides is 3. The molecule has 3 N–H and O–H groups in total. The fourth-order valence-corrected chi connectivity index (χ4v) is 3.59. The van der Waals surface area contributed by atoms with Crippen LogP contribution in [-0.2, 0) is 15.0 Å². The molecule has 21 heavy (non-hydrogen) atoms. The minimum atomic E-state index is -4.68. The molecule has 2 aliphatic rings. The minimum absolute atomic E-state index is 0.0297. The monoisotopic (exact) mass is 330 g/mol. The SMILES string of the molecule is O=C1NC(=O)C2(CCCN(S(=O)(=O)NCC(F)(F)F)C2)N1. The summed E-state index contributed by atoms with van der Waals surface area (Å²) in [7, 11) is -4.39. The largest absolute Gasteiger partial charge is 0.402 e. The first-order valence-corrected chi connectivity index (χ1v) is 7.43. The van der Waals surface area contributed by atoms with Crippen LogP contribution >= 0.6 is 0 Å². The van der Waals surface area contributed by atoms with E-state index in [1.165, 1.54) is 4.72 Å². The highest BCUT2D eigenvalue weighted by molar-refractivity contribution is 7.87. The van der Waals surface area contributed by atoms with Crippen LogP contribution in [0.5, 0.6) is 0 Å². The highest BCUT2D eigenvalue weighted by atomic mass is 32.2. The Morgan fingerprint density at radius 1 is 1.33 bits per heavy atom. The Morgan fingerprint density at radius 2 is 2.00 bits per heavy atom. The van der Waals surface area contributed by atoms with Crippen LogP contribution in [0.15, 0.2) is 0 Å². The van der Waals surface area contributed by atoms with Gasteiger partial charge in [-0.1, -0.05) is 0 Å². The number of carbonyl (C=O) groups is 2. The first-order chi connectivity index (χ1) is 9.54. The molecule has 2 aliphatic heterocycles. The van der Waals surface area contributed by atoms with Crippen LogP contribution in [0.4, 0.5) is 18.0 Å². The zero-order valence-electron chi connectivity index (χ0n) is 10.7. The lowest BCUT2D eigenvalue weighted by Gasteiger charge is -2.37. The third kappa shape index (κ3) is 3.44. The molecule has 1 atom stereocenters. The zero-order valence-corrected chi connectivity index (χ0v) is 11.5. The van der Waals surface area contributed by atoms with E-state index >= 15 is 0 Å². The number of amides is 3. The Morgan fingerprint density at radius 3 is 2.52 bits per heavy atom. The van der Waals surface area contributed by atoms with Crippen LogP contribution in [0, 0.1) is 0 Å². The van der Waals surface area contributed by atoms with Gasteiger partial charge in [0.25, 0.3) is 16.1 Å². The minimum Gasteiger partial charge on any atom is -0.322 e. The number of rotatable bonds is 3. The van der Waals surface area contributed by atoms with E-state index < -0.39 is 47.0 Å². The molecule has 3 amide bonds. The van der Waals surface area contributed by atoms with Gasteiger partial charge in [0.15, 0.2) is 0 Å². The number of imide groups is 1. The van der Waals surface area contributed by atoms with Gasteiger partial charge in [0.1, 0.15) is 12.1 Å². The lowest BCUT2D eigenvalue weighted by atomic mass is 9.90. The van der Waals surface area contributed by atoms with Crippen LogP contribution < -0.4 is 15.4 Å². The highest BCUT2D eigenvalue weighted by Crippen LogP contribution is 2.26. The average Bonchev–Trinajstić information content (AvgIpc) is 2.61. The van der Waals surface area contributed by atoms with Crippen molar-refractivity contribution in [1.82, 2.24) is 19.7 Å². The van der Waals surface area contributed by atoms with Gasteiger partial charge in [-0.05, 0) is 12.8 Å². The van der Waals surface area contributed by atoms with Crippen molar-refractivity contribution in [3.63, 3.8) is 0 Å². The fraction of sp³-hybridized carbons (Fsp3) is 0.778. The number of carbonyl (C=O) groups excluding carboxylic acids is 2. The quantitative estimate of drug-likeness (QED) is 0.580. The number of piperidine rings is 1. The normalized spacial score (nSPS) is 27.8. The number of nitrogens with zero attached hydrogens (tertiary/aromatic N) is 1. The van der Waals surface area contributed by atoms with Gasteiger partial charge >= 0.3 is 12.2 Å². The Labute approximate surface area is 118 Å². The van der Waals surface area contributed by atoms with E-state index in [9.17, 15) is 31.2 Å². The van der Waals surface area contributed by atoms with Crippen molar-refractivity contribution in [1.29, 1.82) is 0 Å². The Kier molecular flexibility index (Phi) is 3.88. The molecular formula is C9H13F3N4O4S. The molecule has 12 heteroatoms. The van der Waals surface area contributed by atoms with Gasteiger partial charge in [0, 0.05) is 13.1 Å². The number of urea groups is 1. The van der Waals surface area contributed by atoms with Gasteiger partial charge in [-0.25, -0.2) is 4.79 Å². The van der Waals surface area contributed by atoms with Gasteiger partial charge in [-0.2, -0.15) is 30.6 Å². The lowest BCUT2D eigenvalue weighted by molar-refractivity contribution is -0.125. The van der Waals surface area contributed by atoms with E-state index in [0.29, 0.717) is 0 Å². The van der Waals surface area contributed by atoms with Crippen molar-refractivity contribution in [3.8, 4) is 0 Å². The molecule has 2 saturated heterocycles. The molecule has 0 aromatic rings. The molecule has 2 rings (SSSR count). The van der Waals surface area contributed by atoms with Crippen LogP contribution in [-0.4, -0.2) is 56.0 Å². The number of halogens is 3. The second-order valence-corrected chi connectivity index (χ2v) is 6.62. The Bertz CT molecular complexity index is 564. The summed E-state index contributed by atoms with van der Waals surface area (Å²) in [6, 6.07) is -0.748. The molecule has 0 saturated carbocycles. The summed E-state index contributed by atoms with van der Waals surface area (Å²) in [5.41, 5.74) is -1.41. The summed E-state index contributed by atoms with van der Waals surface area (Å²) in [6.45, 7) is -2.13. The van der Waals surface area contributed by atoms with Crippen molar-refractivity contribution in [3.05, 3.63) is 0 Å². The van der Waals surface area contributed by atoms with Crippen LogP contribution in [0.25, 0.3) is 0 Å². The van der Waals surface area contributed by atoms with Gasteiger partial charge < -0.3 is 5.32 Å². The molecule has 0 bridgehead atoms. The van der Waals surface area contributed by atoms with Crippen molar-refractivity contribution in [2.45, 2.75) is 24.6 Å². The van der Waals surface area contributed by atoms with Crippen molar-refractivity contribution >= 4 is 22.1 Å². The number of hydrogen-bond donors (Lipinski definition) is 3. The van der Waals surface area contributed by atoms with Gasteiger partial charge in [0.2, 0.25) is 0 Å². The fourth-order valence-electron chi connectivity index (χ4n) is 2.30. The molecule has 120 valence electrons. The molecule has 8 nitrogen and oxygen atoms in total. The second kappa shape index (κ2) is 5.10. The van der Waals surface area contributed by atoms with Gasteiger partial charge in [-0.3, -0.25) is 10.1 Å². The van der Waals surface area contributed by atoms with E-state index in [0.717, 1.165) is 4.31 Å². The van der Waals surface area contributed by atoms with Gasteiger partial charge in [-0.15, -0.1) is 0 Å². The Hall–Kier alpha value is -1.40. The van der Waals surface area contributed by atoms with Crippen molar-refractivity contribution in [2.75, 3.05) is 19.6 Å². The topological polar surface area (TPSA) is 108 Å². The third-order valence-electron chi connectivity index (χ3n) is 3.27. The summed E-state index contributed by atoms with van der Waals surface area (Å²) in [5.74, 6) is -0.678.